The van der Waals surface area contributed by atoms with Crippen molar-refractivity contribution in [3.05, 3.63) is 40.5 Å². The van der Waals surface area contributed by atoms with Crippen LogP contribution in [-0.4, -0.2) is 23.1 Å². The summed E-state index contributed by atoms with van der Waals surface area (Å²) in [4.78, 5) is 22.7. The fourth-order valence-electron chi connectivity index (χ4n) is 1.68. The van der Waals surface area contributed by atoms with E-state index in [0.717, 1.165) is 10.0 Å². The Bertz CT molecular complexity index is 512. The van der Waals surface area contributed by atoms with Crippen LogP contribution in [0.4, 0.5) is 4.79 Å². The number of carbonyl (C=O) groups is 2. The van der Waals surface area contributed by atoms with Crippen LogP contribution in [0.25, 0.3) is 6.08 Å². The van der Waals surface area contributed by atoms with Crippen LogP contribution in [0.5, 0.6) is 0 Å². The van der Waals surface area contributed by atoms with Gasteiger partial charge in [0.2, 0.25) is 0 Å². The molecule has 0 saturated carbocycles. The number of rotatable bonds is 6. The Labute approximate surface area is 132 Å². The number of nitrogens with one attached hydrogen (secondary N) is 2. The van der Waals surface area contributed by atoms with Gasteiger partial charge in [0.1, 0.15) is 6.04 Å². The normalized spacial score (nSPS) is 12.4. The smallest absolute Gasteiger partial charge is 0.326 e. The van der Waals surface area contributed by atoms with E-state index in [4.69, 9.17) is 5.11 Å². The van der Waals surface area contributed by atoms with Crippen LogP contribution in [0.3, 0.4) is 0 Å². The Kier molecular flexibility index (Phi) is 6.94. The van der Waals surface area contributed by atoms with Crippen molar-refractivity contribution in [2.75, 3.05) is 0 Å². The van der Waals surface area contributed by atoms with Gasteiger partial charge >= 0.3 is 12.0 Å². The van der Waals surface area contributed by atoms with E-state index in [1.54, 1.807) is 6.08 Å². The standard InChI is InChI=1S/C15H19BrN2O3/c1-10(2)9-13(14(19)20)18-15(21)17-8-7-11-3-5-12(16)6-4-11/h3-8,10,13H,9H2,1-2H3,(H,19,20)(H2,17,18,21)/b8-7+. The van der Waals surface area contributed by atoms with Crippen molar-refractivity contribution in [2.24, 2.45) is 5.92 Å². The molecule has 0 heterocycles. The molecule has 0 bridgehead atoms. The van der Waals surface area contributed by atoms with Crippen LogP contribution >= 0.6 is 15.9 Å². The van der Waals surface area contributed by atoms with Crippen molar-refractivity contribution in [3.63, 3.8) is 0 Å². The van der Waals surface area contributed by atoms with Crippen LogP contribution in [0.2, 0.25) is 0 Å². The molecule has 2 amide bonds. The summed E-state index contributed by atoms with van der Waals surface area (Å²) in [7, 11) is 0. The van der Waals surface area contributed by atoms with Gasteiger partial charge in [0.15, 0.2) is 0 Å². The lowest BCUT2D eigenvalue weighted by Crippen LogP contribution is -2.45. The first-order chi connectivity index (χ1) is 9.88. The highest BCUT2D eigenvalue weighted by atomic mass is 79.9. The molecule has 1 rings (SSSR count). The molecule has 114 valence electrons. The molecule has 0 aliphatic rings. The van der Waals surface area contributed by atoms with E-state index in [1.165, 1.54) is 6.20 Å². The van der Waals surface area contributed by atoms with Crippen molar-refractivity contribution in [1.82, 2.24) is 10.6 Å². The highest BCUT2D eigenvalue weighted by molar-refractivity contribution is 9.10. The number of carbonyl (C=O) groups excluding carboxylic acids is 1. The number of amides is 2. The summed E-state index contributed by atoms with van der Waals surface area (Å²) in [5, 5.41) is 14.0. The largest absolute Gasteiger partial charge is 0.480 e. The van der Waals surface area contributed by atoms with Gasteiger partial charge < -0.3 is 15.7 Å². The van der Waals surface area contributed by atoms with E-state index < -0.39 is 18.0 Å². The zero-order chi connectivity index (χ0) is 15.8. The fraction of sp³-hybridized carbons (Fsp3) is 0.333. The second kappa shape index (κ2) is 8.46. The highest BCUT2D eigenvalue weighted by Crippen LogP contribution is 2.11. The predicted octanol–water partition coefficient (Wildman–Crippen LogP) is 3.22. The van der Waals surface area contributed by atoms with E-state index in [-0.39, 0.29) is 5.92 Å². The van der Waals surface area contributed by atoms with Crippen molar-refractivity contribution < 1.29 is 14.7 Å². The van der Waals surface area contributed by atoms with Gasteiger partial charge in [-0.3, -0.25) is 0 Å². The number of carboxylic acid groups (broad SMARTS) is 1. The molecule has 1 aromatic rings. The van der Waals surface area contributed by atoms with Gasteiger partial charge in [0.05, 0.1) is 0 Å². The Balaban J connectivity index is 2.48. The van der Waals surface area contributed by atoms with Gasteiger partial charge in [-0.15, -0.1) is 0 Å². The lowest BCUT2D eigenvalue weighted by atomic mass is 10.0. The first-order valence-electron chi connectivity index (χ1n) is 6.60. The first kappa shape index (κ1) is 17.2. The summed E-state index contributed by atoms with van der Waals surface area (Å²) >= 11 is 3.34. The van der Waals surface area contributed by atoms with Crippen LogP contribution in [0.1, 0.15) is 25.8 Å². The Morgan fingerprint density at radius 1 is 1.29 bits per heavy atom. The zero-order valence-corrected chi connectivity index (χ0v) is 13.6. The number of urea groups is 1. The minimum absolute atomic E-state index is 0.185. The zero-order valence-electron chi connectivity index (χ0n) is 12.0. The molecular weight excluding hydrogens is 336 g/mol. The molecule has 6 heteroatoms. The summed E-state index contributed by atoms with van der Waals surface area (Å²) in [6.45, 7) is 3.81. The third-order valence-electron chi connectivity index (χ3n) is 2.67. The quantitative estimate of drug-likeness (QED) is 0.733. The summed E-state index contributed by atoms with van der Waals surface area (Å²) < 4.78 is 0.975. The Hall–Kier alpha value is -1.82. The molecule has 3 N–H and O–H groups in total. The number of carboxylic acids is 1. The molecule has 0 saturated heterocycles. The molecule has 0 spiro atoms. The Morgan fingerprint density at radius 2 is 1.90 bits per heavy atom. The third kappa shape index (κ3) is 6.94. The minimum Gasteiger partial charge on any atom is -0.480 e. The van der Waals surface area contributed by atoms with Crippen molar-refractivity contribution in [2.45, 2.75) is 26.3 Å². The molecule has 21 heavy (non-hydrogen) atoms. The maximum atomic E-state index is 11.6. The van der Waals surface area contributed by atoms with Gasteiger partial charge in [0, 0.05) is 10.7 Å². The molecule has 0 aliphatic carbocycles. The average molecular weight is 355 g/mol. The van der Waals surface area contributed by atoms with E-state index in [2.05, 4.69) is 26.6 Å². The number of hydrogen-bond acceptors (Lipinski definition) is 2. The molecule has 5 nitrogen and oxygen atoms in total. The molecule has 0 fully saturated rings. The fourth-order valence-corrected chi connectivity index (χ4v) is 1.94. The van der Waals surface area contributed by atoms with E-state index in [1.807, 2.05) is 38.1 Å². The second-order valence-electron chi connectivity index (χ2n) is 5.02. The van der Waals surface area contributed by atoms with Gasteiger partial charge in [-0.1, -0.05) is 41.9 Å². The summed E-state index contributed by atoms with van der Waals surface area (Å²) in [5.74, 6) is -0.847. The molecular formula is C15H19BrN2O3. The van der Waals surface area contributed by atoms with Crippen LogP contribution in [-0.2, 0) is 4.79 Å². The highest BCUT2D eigenvalue weighted by Gasteiger charge is 2.20. The van der Waals surface area contributed by atoms with Gasteiger partial charge in [-0.05, 0) is 36.1 Å². The van der Waals surface area contributed by atoms with Gasteiger partial charge in [-0.25, -0.2) is 9.59 Å². The molecule has 1 unspecified atom stereocenters. The van der Waals surface area contributed by atoms with Crippen molar-refractivity contribution in [3.8, 4) is 0 Å². The topological polar surface area (TPSA) is 78.4 Å². The van der Waals surface area contributed by atoms with Gasteiger partial charge in [0.25, 0.3) is 0 Å². The third-order valence-corrected chi connectivity index (χ3v) is 3.20. The average Bonchev–Trinajstić information content (AvgIpc) is 2.39. The van der Waals surface area contributed by atoms with Crippen molar-refractivity contribution in [1.29, 1.82) is 0 Å². The number of hydrogen-bond donors (Lipinski definition) is 3. The monoisotopic (exact) mass is 354 g/mol. The minimum atomic E-state index is -1.03. The number of benzene rings is 1. The molecule has 0 aromatic heterocycles. The predicted molar refractivity (Wildman–Crippen MR) is 85.7 cm³/mol. The van der Waals surface area contributed by atoms with E-state index >= 15 is 0 Å². The maximum absolute atomic E-state index is 11.6. The van der Waals surface area contributed by atoms with Crippen LogP contribution < -0.4 is 10.6 Å². The molecule has 0 radical (unpaired) electrons. The summed E-state index contributed by atoms with van der Waals surface area (Å²) in [5.41, 5.74) is 0.926. The first-order valence-corrected chi connectivity index (χ1v) is 7.39. The lowest BCUT2D eigenvalue weighted by molar-refractivity contribution is -0.139. The SMILES string of the molecule is CC(C)CC(NC(=O)N/C=C/c1ccc(Br)cc1)C(=O)O. The van der Waals surface area contributed by atoms with E-state index in [9.17, 15) is 9.59 Å². The van der Waals surface area contributed by atoms with E-state index in [0.29, 0.717) is 6.42 Å². The number of aliphatic carboxylic acids is 1. The molecule has 0 aliphatic heterocycles. The molecule has 1 atom stereocenters. The summed E-state index contributed by atoms with van der Waals surface area (Å²) in [6.07, 6.45) is 3.59. The van der Waals surface area contributed by atoms with Crippen LogP contribution in [0.15, 0.2) is 34.9 Å². The van der Waals surface area contributed by atoms with Crippen molar-refractivity contribution >= 4 is 34.0 Å². The number of halogens is 1. The maximum Gasteiger partial charge on any atom is 0.326 e. The Morgan fingerprint density at radius 3 is 2.43 bits per heavy atom. The van der Waals surface area contributed by atoms with Gasteiger partial charge in [-0.2, -0.15) is 0 Å². The summed E-state index contributed by atoms with van der Waals surface area (Å²) in [6, 6.07) is 6.14. The van der Waals surface area contributed by atoms with Crippen LogP contribution in [0, 0.1) is 5.92 Å². The molecule has 1 aromatic carbocycles. The second-order valence-corrected chi connectivity index (χ2v) is 5.94. The lowest BCUT2D eigenvalue weighted by Gasteiger charge is -2.15.